The maximum atomic E-state index is 10.8. The van der Waals surface area contributed by atoms with Gasteiger partial charge < -0.3 is 5.11 Å². The average Bonchev–Trinajstić information content (AvgIpc) is 2.17. The number of piperidine rings is 1. The number of nitrogens with zero attached hydrogens (tertiary/aromatic N) is 2. The fourth-order valence-corrected chi connectivity index (χ4v) is 2.47. The molecule has 0 bridgehead atoms. The molecule has 1 unspecified atom stereocenters. The smallest absolute Gasteiger partial charge is 0.320 e. The van der Waals surface area contributed by atoms with Gasteiger partial charge >= 0.3 is 5.97 Å². The van der Waals surface area contributed by atoms with Crippen LogP contribution in [0, 0.1) is 0 Å². The Morgan fingerprint density at radius 3 is 2.40 bits per heavy atom. The van der Waals surface area contributed by atoms with Crippen molar-refractivity contribution in [1.29, 1.82) is 0 Å². The molecule has 86 valence electrons. The van der Waals surface area contributed by atoms with Gasteiger partial charge in [0.05, 0.1) is 0 Å². The zero-order valence-electron chi connectivity index (χ0n) is 9.35. The molecule has 4 nitrogen and oxygen atoms in total. The summed E-state index contributed by atoms with van der Waals surface area (Å²) < 4.78 is 0. The van der Waals surface area contributed by atoms with E-state index in [0.717, 1.165) is 13.1 Å². The molecule has 1 atom stereocenters. The Bertz CT molecular complexity index is 233. The Morgan fingerprint density at radius 2 is 1.87 bits per heavy atom. The van der Waals surface area contributed by atoms with Crippen LogP contribution in [0.1, 0.15) is 26.2 Å². The summed E-state index contributed by atoms with van der Waals surface area (Å²) in [6.07, 6.45) is 3.98. The summed E-state index contributed by atoms with van der Waals surface area (Å²) in [5.74, 6) is -0.702. The van der Waals surface area contributed by atoms with E-state index >= 15 is 0 Å². The van der Waals surface area contributed by atoms with E-state index < -0.39 is 5.97 Å². The fourth-order valence-electron chi connectivity index (χ4n) is 2.47. The molecule has 0 aromatic heterocycles. The van der Waals surface area contributed by atoms with E-state index in [2.05, 4.69) is 4.90 Å². The molecule has 2 rings (SSSR count). The quantitative estimate of drug-likeness (QED) is 0.745. The second-order valence-corrected chi connectivity index (χ2v) is 4.72. The Kier molecular flexibility index (Phi) is 3.26. The van der Waals surface area contributed by atoms with Crippen LogP contribution in [-0.2, 0) is 4.79 Å². The molecule has 0 aromatic rings. The summed E-state index contributed by atoms with van der Waals surface area (Å²) in [5, 5.41) is 8.86. The van der Waals surface area contributed by atoms with Gasteiger partial charge in [-0.1, -0.05) is 6.42 Å². The van der Waals surface area contributed by atoms with Crippen LogP contribution in [0.4, 0.5) is 0 Å². The van der Waals surface area contributed by atoms with Crippen molar-refractivity contribution < 1.29 is 9.90 Å². The Balaban J connectivity index is 1.75. The number of carboxylic acids is 1. The number of carbonyl (C=O) groups is 1. The molecular formula is C11H20N2O2. The van der Waals surface area contributed by atoms with Gasteiger partial charge in [0.2, 0.25) is 0 Å². The zero-order chi connectivity index (χ0) is 10.8. The van der Waals surface area contributed by atoms with Crippen LogP contribution in [-0.4, -0.2) is 59.1 Å². The number of hydrogen-bond acceptors (Lipinski definition) is 3. The minimum absolute atomic E-state index is 0.314. The molecule has 0 amide bonds. The molecule has 4 heteroatoms. The van der Waals surface area contributed by atoms with Gasteiger partial charge in [0.25, 0.3) is 0 Å². The first kappa shape index (κ1) is 10.9. The van der Waals surface area contributed by atoms with E-state index in [0.29, 0.717) is 6.04 Å². The number of rotatable bonds is 3. The van der Waals surface area contributed by atoms with Crippen LogP contribution >= 0.6 is 0 Å². The molecule has 0 radical (unpaired) electrons. The average molecular weight is 212 g/mol. The van der Waals surface area contributed by atoms with Crippen molar-refractivity contribution in [2.75, 3.05) is 26.2 Å². The summed E-state index contributed by atoms with van der Waals surface area (Å²) in [6, 6.07) is 0.304. The third-order valence-electron chi connectivity index (χ3n) is 3.70. The highest BCUT2D eigenvalue weighted by molar-refractivity contribution is 5.73. The molecule has 0 aromatic carbocycles. The minimum Gasteiger partial charge on any atom is -0.480 e. The van der Waals surface area contributed by atoms with E-state index in [1.807, 2.05) is 4.90 Å². The standard InChI is InChI=1S/C11H20N2O2/c1-9(11(14)15)13-7-10(8-13)12-5-3-2-4-6-12/h9-10H,2-8H2,1H3,(H,14,15). The third-order valence-corrected chi connectivity index (χ3v) is 3.70. The van der Waals surface area contributed by atoms with Gasteiger partial charge in [-0.2, -0.15) is 0 Å². The molecule has 1 N–H and O–H groups in total. The van der Waals surface area contributed by atoms with Gasteiger partial charge in [0.15, 0.2) is 0 Å². The van der Waals surface area contributed by atoms with Crippen molar-refractivity contribution >= 4 is 5.97 Å². The maximum absolute atomic E-state index is 10.8. The molecule has 2 fully saturated rings. The van der Waals surface area contributed by atoms with Gasteiger partial charge in [-0.05, 0) is 32.9 Å². The fraction of sp³-hybridized carbons (Fsp3) is 0.909. The van der Waals surface area contributed by atoms with Crippen LogP contribution in [0.5, 0.6) is 0 Å². The number of likely N-dealkylation sites (tertiary alicyclic amines) is 2. The molecule has 2 aliphatic rings. The van der Waals surface area contributed by atoms with Crippen molar-refractivity contribution in [2.24, 2.45) is 0 Å². The molecule has 2 saturated heterocycles. The zero-order valence-corrected chi connectivity index (χ0v) is 9.35. The normalized spacial score (nSPS) is 27.3. The second kappa shape index (κ2) is 4.49. The van der Waals surface area contributed by atoms with E-state index in [-0.39, 0.29) is 6.04 Å². The summed E-state index contributed by atoms with van der Waals surface area (Å²) in [7, 11) is 0. The lowest BCUT2D eigenvalue weighted by atomic mass is 10.0. The van der Waals surface area contributed by atoms with Crippen LogP contribution in [0.15, 0.2) is 0 Å². The number of hydrogen-bond donors (Lipinski definition) is 1. The van der Waals surface area contributed by atoms with Gasteiger partial charge in [-0.3, -0.25) is 14.6 Å². The highest BCUT2D eigenvalue weighted by Crippen LogP contribution is 2.21. The first-order valence-electron chi connectivity index (χ1n) is 5.89. The first-order valence-corrected chi connectivity index (χ1v) is 5.89. The van der Waals surface area contributed by atoms with Crippen LogP contribution in [0.25, 0.3) is 0 Å². The van der Waals surface area contributed by atoms with Crippen molar-refractivity contribution in [1.82, 2.24) is 9.80 Å². The highest BCUT2D eigenvalue weighted by atomic mass is 16.4. The summed E-state index contributed by atoms with van der Waals surface area (Å²) >= 11 is 0. The monoisotopic (exact) mass is 212 g/mol. The molecule has 0 aliphatic carbocycles. The molecule has 2 heterocycles. The van der Waals surface area contributed by atoms with Gasteiger partial charge in [-0.25, -0.2) is 0 Å². The van der Waals surface area contributed by atoms with E-state index in [4.69, 9.17) is 5.11 Å². The molecule has 0 spiro atoms. The third kappa shape index (κ3) is 2.32. The Morgan fingerprint density at radius 1 is 1.27 bits per heavy atom. The summed E-state index contributed by atoms with van der Waals surface area (Å²) in [4.78, 5) is 15.3. The lowest BCUT2D eigenvalue weighted by Gasteiger charge is -2.48. The van der Waals surface area contributed by atoms with Gasteiger partial charge in [0.1, 0.15) is 6.04 Å². The largest absolute Gasteiger partial charge is 0.480 e. The van der Waals surface area contributed by atoms with Crippen LogP contribution in [0.3, 0.4) is 0 Å². The summed E-state index contributed by atoms with van der Waals surface area (Å²) in [6.45, 7) is 6.07. The van der Waals surface area contributed by atoms with E-state index in [1.54, 1.807) is 6.92 Å². The van der Waals surface area contributed by atoms with E-state index in [9.17, 15) is 4.79 Å². The molecule has 2 aliphatic heterocycles. The van der Waals surface area contributed by atoms with Crippen molar-refractivity contribution in [3.8, 4) is 0 Å². The number of carboxylic acid groups (broad SMARTS) is 1. The van der Waals surface area contributed by atoms with E-state index in [1.165, 1.54) is 32.4 Å². The molecule has 0 saturated carbocycles. The second-order valence-electron chi connectivity index (χ2n) is 4.72. The molecule has 15 heavy (non-hydrogen) atoms. The molecular weight excluding hydrogens is 192 g/mol. The van der Waals surface area contributed by atoms with Gasteiger partial charge in [0, 0.05) is 19.1 Å². The Hall–Kier alpha value is -0.610. The van der Waals surface area contributed by atoms with Crippen molar-refractivity contribution in [3.05, 3.63) is 0 Å². The van der Waals surface area contributed by atoms with Crippen LogP contribution in [0.2, 0.25) is 0 Å². The predicted molar refractivity (Wildman–Crippen MR) is 57.9 cm³/mol. The van der Waals surface area contributed by atoms with Crippen molar-refractivity contribution in [2.45, 2.75) is 38.3 Å². The van der Waals surface area contributed by atoms with Gasteiger partial charge in [-0.15, -0.1) is 0 Å². The highest BCUT2D eigenvalue weighted by Gasteiger charge is 2.36. The minimum atomic E-state index is -0.702. The maximum Gasteiger partial charge on any atom is 0.320 e. The van der Waals surface area contributed by atoms with Crippen LogP contribution < -0.4 is 0 Å². The lowest BCUT2D eigenvalue weighted by Crippen LogP contribution is -2.63. The Labute approximate surface area is 90.9 Å². The topological polar surface area (TPSA) is 43.8 Å². The summed E-state index contributed by atoms with van der Waals surface area (Å²) in [5.41, 5.74) is 0. The van der Waals surface area contributed by atoms with Crippen molar-refractivity contribution in [3.63, 3.8) is 0 Å². The first-order chi connectivity index (χ1) is 7.18. The number of aliphatic carboxylic acids is 1. The predicted octanol–water partition coefficient (Wildman–Crippen LogP) is 0.630. The SMILES string of the molecule is CC(C(=O)O)N1CC(N2CCCCC2)C1. The lowest BCUT2D eigenvalue weighted by molar-refractivity contribution is -0.146.